The summed E-state index contributed by atoms with van der Waals surface area (Å²) in [5.74, 6) is -0.520. The predicted octanol–water partition coefficient (Wildman–Crippen LogP) is 1.67. The lowest BCUT2D eigenvalue weighted by molar-refractivity contribution is -0.684. The van der Waals surface area contributed by atoms with E-state index in [4.69, 9.17) is 5.73 Å². The molecule has 0 bridgehead atoms. The number of hydrogen-bond donors (Lipinski definition) is 2. The number of primary amides is 1. The van der Waals surface area contributed by atoms with Gasteiger partial charge in [-0.3, -0.25) is 9.59 Å². The fraction of sp³-hybridized carbons (Fsp3) is 0.708. The van der Waals surface area contributed by atoms with Gasteiger partial charge in [0, 0.05) is 12.6 Å². The van der Waals surface area contributed by atoms with Gasteiger partial charge in [-0.05, 0) is 12.5 Å². The van der Waals surface area contributed by atoms with E-state index in [1.54, 1.807) is 29.1 Å². The average Bonchev–Trinajstić information content (AvgIpc) is 2.71. The van der Waals surface area contributed by atoms with Gasteiger partial charge in [0.05, 0.1) is 0 Å². The van der Waals surface area contributed by atoms with E-state index >= 15 is 0 Å². The zero-order valence-corrected chi connectivity index (χ0v) is 19.6. The van der Waals surface area contributed by atoms with E-state index in [0.29, 0.717) is 12.1 Å². The summed E-state index contributed by atoms with van der Waals surface area (Å²) in [6, 6.07) is 3.37. The Bertz CT molecular complexity index is 581. The third-order valence-corrected chi connectivity index (χ3v) is 5.32. The van der Waals surface area contributed by atoms with Crippen molar-refractivity contribution in [3.8, 4) is 0 Å². The standard InChI is InChI=1S/C24H41N3O2.ClH/c1-2-3-4-5-6-7-8-9-10-11-12-13-14-15-18-26-23(28)21-27-19-16-17-22(20-27)24(25)29;/h16-17,19-20H,2-15,18,21H2,1H3,(H2-,25,26,28,29);1H. The quantitative estimate of drug-likeness (QED) is 0.269. The number of nitrogens with two attached hydrogens (primary N) is 1. The molecule has 30 heavy (non-hydrogen) atoms. The molecule has 0 aliphatic heterocycles. The van der Waals surface area contributed by atoms with E-state index in [1.165, 1.54) is 83.5 Å². The Balaban J connectivity index is 0.00000841. The Morgan fingerprint density at radius 1 is 0.867 bits per heavy atom. The molecule has 0 atom stereocenters. The van der Waals surface area contributed by atoms with Crippen LogP contribution >= 0.6 is 0 Å². The molecular formula is C24H42ClN3O2. The average molecular weight is 440 g/mol. The fourth-order valence-electron chi connectivity index (χ4n) is 3.54. The highest BCUT2D eigenvalue weighted by Gasteiger charge is 2.11. The van der Waals surface area contributed by atoms with Crippen molar-refractivity contribution in [2.75, 3.05) is 6.54 Å². The highest BCUT2D eigenvalue weighted by Crippen LogP contribution is 2.12. The van der Waals surface area contributed by atoms with Crippen LogP contribution in [0, 0.1) is 0 Å². The Labute approximate surface area is 189 Å². The minimum atomic E-state index is -0.484. The van der Waals surface area contributed by atoms with Crippen molar-refractivity contribution < 1.29 is 26.6 Å². The summed E-state index contributed by atoms with van der Waals surface area (Å²) >= 11 is 0. The van der Waals surface area contributed by atoms with Crippen LogP contribution in [0.15, 0.2) is 24.5 Å². The van der Waals surface area contributed by atoms with Crippen molar-refractivity contribution in [2.24, 2.45) is 5.73 Å². The number of aromatic nitrogens is 1. The van der Waals surface area contributed by atoms with Crippen LogP contribution in [0.3, 0.4) is 0 Å². The smallest absolute Gasteiger partial charge is 0.285 e. The van der Waals surface area contributed by atoms with E-state index in [0.717, 1.165) is 6.42 Å². The molecule has 2 amide bonds. The van der Waals surface area contributed by atoms with Crippen LogP contribution in [-0.2, 0) is 11.3 Å². The minimum Gasteiger partial charge on any atom is -1.00 e. The van der Waals surface area contributed by atoms with Gasteiger partial charge in [-0.2, -0.15) is 4.57 Å². The molecule has 1 rings (SSSR count). The molecule has 0 radical (unpaired) electrons. The maximum absolute atomic E-state index is 12.0. The van der Waals surface area contributed by atoms with Gasteiger partial charge in [0.2, 0.25) is 6.54 Å². The summed E-state index contributed by atoms with van der Waals surface area (Å²) in [4.78, 5) is 23.2. The Morgan fingerprint density at radius 3 is 1.87 bits per heavy atom. The van der Waals surface area contributed by atoms with E-state index < -0.39 is 5.91 Å². The first-order valence-electron chi connectivity index (χ1n) is 11.7. The van der Waals surface area contributed by atoms with Crippen molar-refractivity contribution in [3.05, 3.63) is 30.1 Å². The van der Waals surface area contributed by atoms with Crippen LogP contribution < -0.4 is 28.0 Å². The van der Waals surface area contributed by atoms with Crippen LogP contribution in [0.4, 0.5) is 0 Å². The molecule has 0 aliphatic carbocycles. The lowest BCUT2D eigenvalue weighted by atomic mass is 10.0. The second-order valence-electron chi connectivity index (χ2n) is 8.08. The number of carbonyl (C=O) groups excluding carboxylic acids is 2. The number of nitrogens with one attached hydrogen (secondary N) is 1. The molecule has 3 N–H and O–H groups in total. The molecule has 0 saturated carbocycles. The Kier molecular flexibility index (Phi) is 18.3. The zero-order valence-electron chi connectivity index (χ0n) is 18.8. The maximum atomic E-state index is 12.0. The topological polar surface area (TPSA) is 76.1 Å². The summed E-state index contributed by atoms with van der Waals surface area (Å²) in [6.45, 7) is 3.19. The first-order chi connectivity index (χ1) is 14.1. The first-order valence-corrected chi connectivity index (χ1v) is 11.7. The van der Waals surface area contributed by atoms with Crippen molar-refractivity contribution >= 4 is 11.8 Å². The molecule has 6 heteroatoms. The molecule has 0 spiro atoms. The Hall–Kier alpha value is -1.62. The number of amides is 2. The monoisotopic (exact) mass is 439 g/mol. The minimum absolute atomic E-state index is 0. The molecule has 172 valence electrons. The highest BCUT2D eigenvalue weighted by molar-refractivity contribution is 5.92. The van der Waals surface area contributed by atoms with Crippen molar-refractivity contribution in [3.63, 3.8) is 0 Å². The molecule has 0 aliphatic rings. The molecular weight excluding hydrogens is 398 g/mol. The fourth-order valence-corrected chi connectivity index (χ4v) is 3.54. The third kappa shape index (κ3) is 15.3. The lowest BCUT2D eigenvalue weighted by Gasteiger charge is -2.05. The van der Waals surface area contributed by atoms with Gasteiger partial charge in [-0.15, -0.1) is 0 Å². The van der Waals surface area contributed by atoms with E-state index in [2.05, 4.69) is 12.2 Å². The molecule has 0 saturated heterocycles. The van der Waals surface area contributed by atoms with E-state index in [-0.39, 0.29) is 24.9 Å². The molecule has 1 aromatic heterocycles. The van der Waals surface area contributed by atoms with Crippen LogP contribution in [0.1, 0.15) is 107 Å². The van der Waals surface area contributed by atoms with Crippen molar-refractivity contribution in [1.82, 2.24) is 5.32 Å². The van der Waals surface area contributed by atoms with Gasteiger partial charge in [0.15, 0.2) is 12.4 Å². The SMILES string of the molecule is CCCCCCCCCCCCCCCCNC(=O)C[n+]1cccc(C(N)=O)c1.[Cl-]. The highest BCUT2D eigenvalue weighted by atomic mass is 35.5. The number of unbranched alkanes of at least 4 members (excludes halogenated alkanes) is 13. The first kappa shape index (κ1) is 28.4. The number of nitrogens with zero attached hydrogens (tertiary/aromatic N) is 1. The van der Waals surface area contributed by atoms with Crippen LogP contribution in [0.5, 0.6) is 0 Å². The number of rotatable bonds is 18. The molecule has 5 nitrogen and oxygen atoms in total. The maximum Gasteiger partial charge on any atom is 0.285 e. The summed E-state index contributed by atoms with van der Waals surface area (Å²) in [7, 11) is 0. The second kappa shape index (κ2) is 19.3. The predicted molar refractivity (Wildman–Crippen MR) is 118 cm³/mol. The lowest BCUT2D eigenvalue weighted by Crippen LogP contribution is -3.00. The van der Waals surface area contributed by atoms with Gasteiger partial charge in [-0.25, -0.2) is 0 Å². The molecule has 0 unspecified atom stereocenters. The third-order valence-electron chi connectivity index (χ3n) is 5.32. The largest absolute Gasteiger partial charge is 1.00 e. The second-order valence-corrected chi connectivity index (χ2v) is 8.08. The summed E-state index contributed by atoms with van der Waals surface area (Å²) in [6.07, 6.45) is 22.0. The summed E-state index contributed by atoms with van der Waals surface area (Å²) in [5, 5.41) is 2.95. The number of halogens is 1. The van der Waals surface area contributed by atoms with Crippen LogP contribution in [-0.4, -0.2) is 18.4 Å². The van der Waals surface area contributed by atoms with Gasteiger partial charge < -0.3 is 23.5 Å². The molecule has 1 heterocycles. The Morgan fingerprint density at radius 2 is 1.37 bits per heavy atom. The normalized spacial score (nSPS) is 10.4. The number of hydrogen-bond acceptors (Lipinski definition) is 2. The van der Waals surface area contributed by atoms with Crippen LogP contribution in [0.2, 0.25) is 0 Å². The molecule has 0 fully saturated rings. The van der Waals surface area contributed by atoms with Crippen LogP contribution in [0.25, 0.3) is 0 Å². The van der Waals surface area contributed by atoms with Gasteiger partial charge >= 0.3 is 0 Å². The van der Waals surface area contributed by atoms with Gasteiger partial charge in [0.1, 0.15) is 5.56 Å². The van der Waals surface area contributed by atoms with Crippen molar-refractivity contribution in [2.45, 2.75) is 103 Å². The van der Waals surface area contributed by atoms with E-state index in [1.807, 2.05) is 0 Å². The molecule has 0 aromatic carbocycles. The molecule has 1 aromatic rings. The van der Waals surface area contributed by atoms with Gasteiger partial charge in [-0.1, -0.05) is 90.4 Å². The van der Waals surface area contributed by atoms with E-state index in [9.17, 15) is 9.59 Å². The number of pyridine rings is 1. The summed E-state index contributed by atoms with van der Waals surface area (Å²) in [5.41, 5.74) is 5.67. The van der Waals surface area contributed by atoms with Crippen molar-refractivity contribution in [1.29, 1.82) is 0 Å². The summed E-state index contributed by atoms with van der Waals surface area (Å²) < 4.78 is 1.68. The number of carbonyl (C=O) groups is 2. The zero-order chi connectivity index (χ0) is 21.2. The van der Waals surface area contributed by atoms with Gasteiger partial charge in [0.25, 0.3) is 11.8 Å².